The first-order valence-corrected chi connectivity index (χ1v) is 11.9. The number of carbonyl (C=O) groups is 1. The van der Waals surface area contributed by atoms with Gasteiger partial charge in [-0.15, -0.1) is 34.9 Å². The number of nitrogens with zero attached hydrogens (tertiary/aromatic N) is 1. The molecular formula is C19H19N3O2S3. The van der Waals surface area contributed by atoms with Crippen LogP contribution >= 0.6 is 34.9 Å². The molecule has 0 atom stereocenters. The second-order valence-electron chi connectivity index (χ2n) is 6.32. The second kappa shape index (κ2) is 8.08. The lowest BCUT2D eigenvalue weighted by Crippen LogP contribution is -2.15. The van der Waals surface area contributed by atoms with Crippen LogP contribution in [0.25, 0.3) is 10.2 Å². The second-order valence-corrected chi connectivity index (χ2v) is 9.27. The quantitative estimate of drug-likeness (QED) is 0.592. The number of nitrogens with one attached hydrogen (secondary N) is 2. The minimum atomic E-state index is -0.0598. The number of anilines is 1. The van der Waals surface area contributed by atoms with Gasteiger partial charge in [-0.3, -0.25) is 9.59 Å². The molecule has 1 aliphatic rings. The van der Waals surface area contributed by atoms with Gasteiger partial charge < -0.3 is 10.3 Å². The van der Waals surface area contributed by atoms with Gasteiger partial charge >= 0.3 is 0 Å². The average Bonchev–Trinajstić information content (AvgIpc) is 3.23. The molecule has 2 aromatic heterocycles. The summed E-state index contributed by atoms with van der Waals surface area (Å²) in [4.78, 5) is 35.3. The van der Waals surface area contributed by atoms with Crippen molar-refractivity contribution in [3.05, 3.63) is 50.9 Å². The van der Waals surface area contributed by atoms with E-state index in [0.29, 0.717) is 17.3 Å². The highest BCUT2D eigenvalue weighted by Crippen LogP contribution is 2.34. The monoisotopic (exact) mass is 417 g/mol. The number of hydrogen-bond acceptors (Lipinski definition) is 6. The fraction of sp³-hybridized carbons (Fsp3) is 0.316. The van der Waals surface area contributed by atoms with Gasteiger partial charge in [0, 0.05) is 15.5 Å². The molecule has 0 unspecified atom stereocenters. The molecule has 5 nitrogen and oxygen atoms in total. The van der Waals surface area contributed by atoms with Gasteiger partial charge in [-0.05, 0) is 55.3 Å². The summed E-state index contributed by atoms with van der Waals surface area (Å²) in [6.07, 6.45) is 5.18. The highest BCUT2D eigenvalue weighted by Gasteiger charge is 2.21. The van der Waals surface area contributed by atoms with Gasteiger partial charge in [0.05, 0.1) is 16.9 Å². The SMILES string of the molecule is CSc1ccc(NC(=O)CSCc2nc3sc4c(c3c(=O)[nH]2)CCC4)cc1. The van der Waals surface area contributed by atoms with Gasteiger partial charge in [0.2, 0.25) is 5.91 Å². The maximum Gasteiger partial charge on any atom is 0.259 e. The third kappa shape index (κ3) is 4.07. The van der Waals surface area contributed by atoms with E-state index in [2.05, 4.69) is 15.3 Å². The van der Waals surface area contributed by atoms with Crippen molar-refractivity contribution < 1.29 is 4.79 Å². The zero-order chi connectivity index (χ0) is 18.8. The lowest BCUT2D eigenvalue weighted by molar-refractivity contribution is -0.113. The molecule has 0 fully saturated rings. The van der Waals surface area contributed by atoms with Crippen molar-refractivity contribution in [1.82, 2.24) is 9.97 Å². The van der Waals surface area contributed by atoms with Crippen LogP contribution in [0.4, 0.5) is 5.69 Å². The Kier molecular flexibility index (Phi) is 5.56. The molecule has 27 heavy (non-hydrogen) atoms. The molecule has 3 aromatic rings. The summed E-state index contributed by atoms with van der Waals surface area (Å²) >= 11 is 4.75. The first-order chi connectivity index (χ1) is 13.1. The Morgan fingerprint density at radius 1 is 1.30 bits per heavy atom. The van der Waals surface area contributed by atoms with Crippen LogP contribution in [0.2, 0.25) is 0 Å². The summed E-state index contributed by atoms with van der Waals surface area (Å²) in [7, 11) is 0. The van der Waals surface area contributed by atoms with Gasteiger partial charge in [-0.2, -0.15) is 0 Å². The Bertz CT molecular complexity index is 1040. The molecule has 1 aromatic carbocycles. The molecule has 0 aliphatic heterocycles. The number of amides is 1. The van der Waals surface area contributed by atoms with Crippen LogP contribution in [0.3, 0.4) is 0 Å². The molecular weight excluding hydrogens is 398 g/mol. The Labute approximate surface area is 169 Å². The highest BCUT2D eigenvalue weighted by molar-refractivity contribution is 7.99. The number of thioether (sulfide) groups is 2. The Morgan fingerprint density at radius 2 is 2.11 bits per heavy atom. The number of hydrogen-bond donors (Lipinski definition) is 2. The van der Waals surface area contributed by atoms with Crippen LogP contribution in [0.15, 0.2) is 34.0 Å². The predicted octanol–water partition coefficient (Wildman–Crippen LogP) is 4.07. The van der Waals surface area contributed by atoms with Crippen LogP contribution in [-0.4, -0.2) is 27.9 Å². The first kappa shape index (κ1) is 18.6. The van der Waals surface area contributed by atoms with E-state index in [1.807, 2.05) is 30.5 Å². The maximum atomic E-state index is 12.4. The van der Waals surface area contributed by atoms with Crippen molar-refractivity contribution in [2.45, 2.75) is 29.9 Å². The fourth-order valence-corrected chi connectivity index (χ4v) is 5.61. The van der Waals surface area contributed by atoms with Crippen molar-refractivity contribution in [3.63, 3.8) is 0 Å². The molecule has 1 amide bonds. The summed E-state index contributed by atoms with van der Waals surface area (Å²) in [5.41, 5.74) is 1.93. The predicted molar refractivity (Wildman–Crippen MR) is 115 cm³/mol. The van der Waals surface area contributed by atoms with E-state index in [9.17, 15) is 9.59 Å². The number of benzene rings is 1. The van der Waals surface area contributed by atoms with Crippen molar-refractivity contribution >= 4 is 56.7 Å². The van der Waals surface area contributed by atoms with E-state index in [1.54, 1.807) is 23.1 Å². The van der Waals surface area contributed by atoms with Crippen molar-refractivity contribution in [3.8, 4) is 0 Å². The number of H-pyrrole nitrogens is 1. The van der Waals surface area contributed by atoms with Gasteiger partial charge in [0.25, 0.3) is 5.56 Å². The number of aromatic amines is 1. The smallest absolute Gasteiger partial charge is 0.259 e. The number of carbonyl (C=O) groups excluding carboxylic acids is 1. The minimum absolute atomic E-state index is 0.0478. The van der Waals surface area contributed by atoms with Crippen LogP contribution in [-0.2, 0) is 23.4 Å². The van der Waals surface area contributed by atoms with E-state index in [4.69, 9.17) is 0 Å². The fourth-order valence-electron chi connectivity index (χ4n) is 3.23. The summed E-state index contributed by atoms with van der Waals surface area (Å²) < 4.78 is 0. The zero-order valence-corrected chi connectivity index (χ0v) is 17.3. The highest BCUT2D eigenvalue weighted by atomic mass is 32.2. The van der Waals surface area contributed by atoms with Gasteiger partial charge in [0.15, 0.2) is 0 Å². The molecule has 0 saturated heterocycles. The van der Waals surface area contributed by atoms with Gasteiger partial charge in [0.1, 0.15) is 10.7 Å². The first-order valence-electron chi connectivity index (χ1n) is 8.69. The summed E-state index contributed by atoms with van der Waals surface area (Å²) in [5, 5.41) is 3.66. The molecule has 0 spiro atoms. The van der Waals surface area contributed by atoms with Crippen LogP contribution in [0, 0.1) is 0 Å². The third-order valence-corrected chi connectivity index (χ3v) is 7.34. The Hall–Kier alpha value is -1.77. The molecule has 4 rings (SSSR count). The molecule has 0 saturated carbocycles. The molecule has 8 heteroatoms. The average molecular weight is 418 g/mol. The van der Waals surface area contributed by atoms with Crippen LogP contribution in [0.5, 0.6) is 0 Å². The number of rotatable bonds is 6. The van der Waals surface area contributed by atoms with E-state index in [-0.39, 0.29) is 11.5 Å². The molecule has 140 valence electrons. The summed E-state index contributed by atoms with van der Waals surface area (Å²) in [6, 6.07) is 7.76. The van der Waals surface area contributed by atoms with Crippen molar-refractivity contribution in [2.75, 3.05) is 17.3 Å². The minimum Gasteiger partial charge on any atom is -0.325 e. The lowest BCUT2D eigenvalue weighted by atomic mass is 10.2. The Morgan fingerprint density at radius 3 is 2.89 bits per heavy atom. The number of fused-ring (bicyclic) bond motifs is 3. The molecule has 2 heterocycles. The zero-order valence-electron chi connectivity index (χ0n) is 14.8. The van der Waals surface area contributed by atoms with E-state index in [0.717, 1.165) is 40.1 Å². The topological polar surface area (TPSA) is 74.8 Å². The lowest BCUT2D eigenvalue weighted by Gasteiger charge is -2.06. The van der Waals surface area contributed by atoms with E-state index >= 15 is 0 Å². The maximum absolute atomic E-state index is 12.4. The van der Waals surface area contributed by atoms with Gasteiger partial charge in [-0.1, -0.05) is 0 Å². The van der Waals surface area contributed by atoms with Gasteiger partial charge in [-0.25, -0.2) is 4.98 Å². The van der Waals surface area contributed by atoms with E-state index < -0.39 is 0 Å². The number of aryl methyl sites for hydroxylation is 2. The summed E-state index contributed by atoms with van der Waals surface area (Å²) in [5.74, 6) is 1.39. The molecule has 0 bridgehead atoms. The number of aromatic nitrogens is 2. The van der Waals surface area contributed by atoms with Crippen LogP contribution < -0.4 is 10.9 Å². The normalized spacial score (nSPS) is 13.1. The molecule has 1 aliphatic carbocycles. The van der Waals surface area contributed by atoms with Crippen molar-refractivity contribution in [1.29, 1.82) is 0 Å². The standard InChI is InChI=1S/C19H19N3O2S3/c1-25-12-7-5-11(6-8-12)20-16(23)10-26-9-15-21-18(24)17-13-3-2-4-14(13)27-19(17)22-15/h5-8H,2-4,9-10H2,1H3,(H,20,23)(H,21,22,24). The largest absolute Gasteiger partial charge is 0.325 e. The van der Waals surface area contributed by atoms with Crippen LogP contribution in [0.1, 0.15) is 22.7 Å². The summed E-state index contributed by atoms with van der Waals surface area (Å²) in [6.45, 7) is 0. The number of thiophene rings is 1. The third-order valence-electron chi connectivity index (χ3n) is 4.47. The van der Waals surface area contributed by atoms with E-state index in [1.165, 1.54) is 22.2 Å². The molecule has 2 N–H and O–H groups in total. The van der Waals surface area contributed by atoms with Crippen molar-refractivity contribution in [2.24, 2.45) is 0 Å². The Balaban J connectivity index is 1.36. The molecule has 0 radical (unpaired) electrons.